The topological polar surface area (TPSA) is 237 Å². The number of unbranched alkanes of at least 4 members (excludes halogenated alkanes) is 36. The lowest BCUT2D eigenvalue weighted by Gasteiger charge is -2.21. The summed E-state index contributed by atoms with van der Waals surface area (Å²) in [5.41, 5.74) is 0. The first kappa shape index (κ1) is 88.1. The lowest BCUT2D eigenvalue weighted by atomic mass is 10.00. The van der Waals surface area contributed by atoms with Crippen LogP contribution < -0.4 is 0 Å². The van der Waals surface area contributed by atoms with Crippen LogP contribution in [0.1, 0.15) is 357 Å². The summed E-state index contributed by atoms with van der Waals surface area (Å²) in [4.78, 5) is 72.3. The first-order valence-corrected chi connectivity index (χ1v) is 39.9. The van der Waals surface area contributed by atoms with Crippen LogP contribution in [0.5, 0.6) is 0 Å². The number of aliphatic hydroxyl groups is 1. The summed E-state index contributed by atoms with van der Waals surface area (Å²) in [6, 6.07) is 0. The van der Waals surface area contributed by atoms with Gasteiger partial charge in [0, 0.05) is 25.7 Å². The number of phosphoric acid groups is 2. The Morgan fingerprint density at radius 2 is 0.567 bits per heavy atom. The fourth-order valence-corrected chi connectivity index (χ4v) is 12.3. The van der Waals surface area contributed by atoms with Crippen molar-refractivity contribution >= 4 is 39.5 Å². The molecule has 3 N–H and O–H groups in total. The number of hydrogen-bond donors (Lipinski definition) is 3. The molecule has 90 heavy (non-hydrogen) atoms. The van der Waals surface area contributed by atoms with E-state index in [1.165, 1.54) is 161 Å². The molecule has 3 unspecified atom stereocenters. The molecule has 0 aliphatic carbocycles. The number of carbonyl (C=O) groups is 4. The number of ether oxygens (including phenoxy) is 4. The molecule has 0 bridgehead atoms. The van der Waals surface area contributed by atoms with Gasteiger partial charge in [0.1, 0.15) is 19.3 Å². The quantitative estimate of drug-likeness (QED) is 0.0222. The van der Waals surface area contributed by atoms with Crippen LogP contribution in [0.15, 0.2) is 0 Å². The minimum absolute atomic E-state index is 0.102. The van der Waals surface area contributed by atoms with Gasteiger partial charge in [0.15, 0.2) is 12.2 Å². The Morgan fingerprint density at radius 1 is 0.322 bits per heavy atom. The molecule has 0 amide bonds. The molecule has 0 aliphatic rings. The zero-order chi connectivity index (χ0) is 66.6. The van der Waals surface area contributed by atoms with Gasteiger partial charge in [0.25, 0.3) is 0 Å². The monoisotopic (exact) mass is 1320 g/mol. The van der Waals surface area contributed by atoms with Gasteiger partial charge in [-0.05, 0) is 43.4 Å². The van der Waals surface area contributed by atoms with Crippen LogP contribution in [0.2, 0.25) is 0 Å². The number of rotatable bonds is 69. The molecule has 0 aliphatic heterocycles. The lowest BCUT2D eigenvalue weighted by molar-refractivity contribution is -0.161. The third kappa shape index (κ3) is 63.5. The Hall–Kier alpha value is -1.94. The summed E-state index contributed by atoms with van der Waals surface area (Å²) in [7, 11) is -9.89. The van der Waals surface area contributed by atoms with Crippen molar-refractivity contribution < 1.29 is 80.2 Å². The van der Waals surface area contributed by atoms with Crippen LogP contribution >= 0.6 is 15.6 Å². The van der Waals surface area contributed by atoms with Crippen LogP contribution in [0.3, 0.4) is 0 Å². The van der Waals surface area contributed by atoms with Crippen molar-refractivity contribution in [2.45, 2.75) is 375 Å². The normalized spacial score (nSPS) is 14.5. The third-order valence-corrected chi connectivity index (χ3v) is 18.6. The molecule has 0 aromatic rings. The van der Waals surface area contributed by atoms with E-state index >= 15 is 0 Å². The molecule has 0 radical (unpaired) electrons. The second kappa shape index (κ2) is 61.9. The highest BCUT2D eigenvalue weighted by Crippen LogP contribution is 2.45. The largest absolute Gasteiger partial charge is 0.472 e. The van der Waals surface area contributed by atoms with Crippen molar-refractivity contribution in [3.05, 3.63) is 0 Å². The van der Waals surface area contributed by atoms with E-state index in [2.05, 4.69) is 48.5 Å². The molecule has 0 saturated heterocycles. The smallest absolute Gasteiger partial charge is 0.462 e. The molecule has 534 valence electrons. The summed E-state index contributed by atoms with van der Waals surface area (Å²) in [5.74, 6) is 0.182. The molecule has 17 nitrogen and oxygen atoms in total. The number of hydrogen-bond acceptors (Lipinski definition) is 15. The molecule has 0 heterocycles. The van der Waals surface area contributed by atoms with E-state index in [9.17, 15) is 43.2 Å². The van der Waals surface area contributed by atoms with E-state index < -0.39 is 97.5 Å². The first-order valence-electron chi connectivity index (χ1n) is 36.9. The Bertz CT molecular complexity index is 1770. The van der Waals surface area contributed by atoms with Gasteiger partial charge >= 0.3 is 39.5 Å². The van der Waals surface area contributed by atoms with Gasteiger partial charge in [-0.15, -0.1) is 0 Å². The highest BCUT2D eigenvalue weighted by molar-refractivity contribution is 7.47. The number of phosphoric ester groups is 2. The maximum Gasteiger partial charge on any atom is 0.472 e. The fraction of sp³-hybridized carbons (Fsp3) is 0.944. The van der Waals surface area contributed by atoms with Gasteiger partial charge in [-0.25, -0.2) is 9.13 Å². The third-order valence-electron chi connectivity index (χ3n) is 16.7. The summed E-state index contributed by atoms with van der Waals surface area (Å²) in [6.07, 6.45) is 46.3. The second-order valence-electron chi connectivity index (χ2n) is 26.8. The Labute approximate surface area is 549 Å². The highest BCUT2D eigenvalue weighted by Gasteiger charge is 2.30. The number of esters is 4. The standard InChI is InChI=1S/C71H138O17P2/c1-8-10-11-35-45-52-68(73)81-58-66(88-71(76)55-48-41-34-33-38-44-51-64(7)9-2)60-85-89(77,78)83-56-65(72)57-84-90(79,80)86-61-67(59-82-69(74)53-46-39-31-27-23-20-16-18-22-26-30-37-43-50-63(5)6)87-70(75)54-47-40-32-28-24-19-15-13-12-14-17-21-25-29-36-42-49-62(3)4/h62-67,72H,8-61H2,1-7H3,(H,77,78)(H,79,80)/t64?,65-,66+,67+/m0/s1. The second-order valence-corrected chi connectivity index (χ2v) is 29.7. The fourth-order valence-electron chi connectivity index (χ4n) is 10.7. The Morgan fingerprint density at radius 3 is 0.844 bits per heavy atom. The van der Waals surface area contributed by atoms with Crippen LogP contribution in [0, 0.1) is 17.8 Å². The van der Waals surface area contributed by atoms with Crippen LogP contribution in [0.4, 0.5) is 0 Å². The van der Waals surface area contributed by atoms with Gasteiger partial charge < -0.3 is 33.8 Å². The molecule has 0 aromatic heterocycles. The zero-order valence-electron chi connectivity index (χ0n) is 58.6. The van der Waals surface area contributed by atoms with Gasteiger partial charge in [-0.1, -0.05) is 305 Å². The van der Waals surface area contributed by atoms with Crippen LogP contribution in [0.25, 0.3) is 0 Å². The highest BCUT2D eigenvalue weighted by atomic mass is 31.2. The Balaban J connectivity index is 5.15. The molecule has 19 heteroatoms. The molecule has 0 rings (SSSR count). The maximum absolute atomic E-state index is 13.0. The minimum atomic E-state index is -4.95. The van der Waals surface area contributed by atoms with E-state index in [1.807, 2.05) is 0 Å². The SMILES string of the molecule is CCCCCCCC(=O)OC[C@H](COP(=O)(O)OC[C@H](O)COP(=O)(O)OC[C@@H](COC(=O)CCCCCCCCCCCCCCCC(C)C)OC(=O)CCCCCCCCCCCCCCCCCCC(C)C)OC(=O)CCCCCCCCC(C)CC. The van der Waals surface area contributed by atoms with Gasteiger partial charge in [0.2, 0.25) is 0 Å². The first-order chi connectivity index (χ1) is 43.3. The molecular formula is C71H138O17P2. The Kier molecular flexibility index (Phi) is 60.6. The van der Waals surface area contributed by atoms with E-state index in [-0.39, 0.29) is 25.7 Å². The van der Waals surface area contributed by atoms with Crippen molar-refractivity contribution in [1.29, 1.82) is 0 Å². The molecule has 0 saturated carbocycles. The number of carbonyl (C=O) groups excluding carboxylic acids is 4. The van der Waals surface area contributed by atoms with E-state index in [1.54, 1.807) is 0 Å². The van der Waals surface area contributed by atoms with Crippen molar-refractivity contribution in [1.82, 2.24) is 0 Å². The van der Waals surface area contributed by atoms with E-state index in [0.717, 1.165) is 114 Å². The summed E-state index contributed by atoms with van der Waals surface area (Å²) in [5, 5.41) is 10.6. The summed E-state index contributed by atoms with van der Waals surface area (Å²) < 4.78 is 68.1. The predicted molar refractivity (Wildman–Crippen MR) is 363 cm³/mol. The molecule has 0 aromatic carbocycles. The summed E-state index contributed by atoms with van der Waals surface area (Å²) >= 11 is 0. The molecule has 0 spiro atoms. The van der Waals surface area contributed by atoms with Crippen LogP contribution in [-0.4, -0.2) is 96.7 Å². The molecular weight excluding hydrogens is 1190 g/mol. The lowest BCUT2D eigenvalue weighted by Crippen LogP contribution is -2.30. The molecule has 0 fully saturated rings. The van der Waals surface area contributed by atoms with Crippen molar-refractivity contribution in [2.24, 2.45) is 17.8 Å². The van der Waals surface area contributed by atoms with Crippen molar-refractivity contribution in [2.75, 3.05) is 39.6 Å². The van der Waals surface area contributed by atoms with Gasteiger partial charge in [-0.3, -0.25) is 37.3 Å². The number of aliphatic hydroxyl groups excluding tert-OH is 1. The zero-order valence-corrected chi connectivity index (χ0v) is 60.4. The summed E-state index contributed by atoms with van der Waals surface area (Å²) in [6.45, 7) is 11.8. The maximum atomic E-state index is 13.0. The van der Waals surface area contributed by atoms with Gasteiger partial charge in [0.05, 0.1) is 26.4 Å². The average Bonchev–Trinajstić information content (AvgIpc) is 3.70. The van der Waals surface area contributed by atoms with Crippen molar-refractivity contribution in [3.63, 3.8) is 0 Å². The minimum Gasteiger partial charge on any atom is -0.462 e. The van der Waals surface area contributed by atoms with E-state index in [0.29, 0.717) is 25.7 Å². The van der Waals surface area contributed by atoms with Crippen molar-refractivity contribution in [3.8, 4) is 0 Å². The van der Waals surface area contributed by atoms with Gasteiger partial charge in [-0.2, -0.15) is 0 Å². The predicted octanol–water partition coefficient (Wildman–Crippen LogP) is 20.2. The molecule has 6 atom stereocenters. The average molecular weight is 1330 g/mol. The van der Waals surface area contributed by atoms with E-state index in [4.69, 9.17) is 37.0 Å². The van der Waals surface area contributed by atoms with Crippen LogP contribution in [-0.2, 0) is 65.4 Å².